The molecule has 1 aliphatic heterocycles. The molecule has 1 aromatic heterocycles. The van der Waals surface area contributed by atoms with Crippen molar-refractivity contribution in [2.75, 3.05) is 44.2 Å². The third kappa shape index (κ3) is 3.72. The molecule has 6 heteroatoms. The van der Waals surface area contributed by atoms with Crippen molar-refractivity contribution in [1.29, 1.82) is 0 Å². The number of hydrogen-bond donors (Lipinski definition) is 1. The number of rotatable bonds is 6. The molecule has 0 atom stereocenters. The van der Waals surface area contributed by atoms with E-state index in [1.54, 1.807) is 0 Å². The molecule has 1 aliphatic rings. The Labute approximate surface area is 120 Å². The highest BCUT2D eigenvalue weighted by Gasteiger charge is 2.21. The maximum Gasteiger partial charge on any atom is 0.234 e. The summed E-state index contributed by atoms with van der Waals surface area (Å²) in [6, 6.07) is 0. The van der Waals surface area contributed by atoms with E-state index >= 15 is 0 Å². The monoisotopic (exact) mass is 279 g/mol. The van der Waals surface area contributed by atoms with Gasteiger partial charge >= 0.3 is 0 Å². The first-order chi connectivity index (χ1) is 9.74. The zero-order valence-corrected chi connectivity index (χ0v) is 12.5. The summed E-state index contributed by atoms with van der Waals surface area (Å²) in [5.74, 6) is 1.18. The van der Waals surface area contributed by atoms with Crippen LogP contribution in [0.25, 0.3) is 0 Å². The predicted molar refractivity (Wildman–Crippen MR) is 79.9 cm³/mol. The molecule has 0 saturated carbocycles. The molecule has 1 N–H and O–H groups in total. The molecule has 0 spiro atoms. The van der Waals surface area contributed by atoms with Crippen LogP contribution in [0.5, 0.6) is 0 Å². The van der Waals surface area contributed by atoms with E-state index in [1.165, 1.54) is 0 Å². The van der Waals surface area contributed by atoms with Gasteiger partial charge in [-0.25, -0.2) is 4.98 Å². The molecule has 0 aromatic carbocycles. The molecule has 2 heterocycles. The van der Waals surface area contributed by atoms with Crippen molar-refractivity contribution in [3.05, 3.63) is 12.4 Å². The lowest BCUT2D eigenvalue weighted by Gasteiger charge is -2.35. The summed E-state index contributed by atoms with van der Waals surface area (Å²) in [5, 5.41) is 2.93. The number of anilines is 1. The van der Waals surface area contributed by atoms with E-state index in [1.807, 2.05) is 12.4 Å². The molecule has 0 unspecified atom stereocenters. The average molecular weight is 279 g/mol. The quantitative estimate of drug-likeness (QED) is 0.826. The first kappa shape index (κ1) is 14.8. The van der Waals surface area contributed by atoms with Crippen LogP contribution in [-0.4, -0.2) is 59.6 Å². The van der Waals surface area contributed by atoms with Crippen LogP contribution in [0.3, 0.4) is 0 Å². The van der Waals surface area contributed by atoms with Crippen molar-refractivity contribution in [3.63, 3.8) is 0 Å². The molecule has 6 nitrogen and oxygen atoms in total. The highest BCUT2D eigenvalue weighted by Crippen LogP contribution is 2.13. The Morgan fingerprint density at radius 2 is 2.05 bits per heavy atom. The first-order valence-electron chi connectivity index (χ1n) is 7.49. The number of nitrogens with one attached hydrogen (secondary N) is 1. The van der Waals surface area contributed by atoms with Gasteiger partial charge in [0.05, 0.1) is 6.54 Å². The number of hydrogen-bond acceptors (Lipinski definition) is 4. The Bertz CT molecular complexity index is 423. The minimum atomic E-state index is 0.135. The zero-order valence-electron chi connectivity index (χ0n) is 12.5. The van der Waals surface area contributed by atoms with Crippen LogP contribution >= 0.6 is 0 Å². The third-order valence-electron chi connectivity index (χ3n) is 3.63. The third-order valence-corrected chi connectivity index (χ3v) is 3.63. The average Bonchev–Trinajstić information content (AvgIpc) is 2.94. The van der Waals surface area contributed by atoms with E-state index in [9.17, 15) is 4.79 Å². The second-order valence-corrected chi connectivity index (χ2v) is 5.13. The highest BCUT2D eigenvalue weighted by atomic mass is 16.2. The van der Waals surface area contributed by atoms with Crippen molar-refractivity contribution < 1.29 is 4.79 Å². The van der Waals surface area contributed by atoms with E-state index in [4.69, 9.17) is 0 Å². The molecular weight excluding hydrogens is 254 g/mol. The number of nitrogens with zero attached hydrogens (tertiary/aromatic N) is 4. The lowest BCUT2D eigenvalue weighted by Crippen LogP contribution is -2.50. The summed E-state index contributed by atoms with van der Waals surface area (Å²) in [4.78, 5) is 20.6. The fraction of sp³-hybridized carbons (Fsp3) is 0.714. The smallest absolute Gasteiger partial charge is 0.234 e. The molecule has 1 fully saturated rings. The molecular formula is C14H25N5O. The van der Waals surface area contributed by atoms with Gasteiger partial charge in [-0.2, -0.15) is 0 Å². The SMILES string of the molecule is CCCNC(=O)CN1CCN(c2nccn2CC)CC1. The van der Waals surface area contributed by atoms with Crippen LogP contribution in [-0.2, 0) is 11.3 Å². The van der Waals surface area contributed by atoms with Gasteiger partial charge in [0.1, 0.15) is 0 Å². The van der Waals surface area contributed by atoms with Gasteiger partial charge in [-0.05, 0) is 13.3 Å². The van der Waals surface area contributed by atoms with Gasteiger partial charge in [0, 0.05) is 51.7 Å². The molecule has 0 bridgehead atoms. The van der Waals surface area contributed by atoms with Crippen LogP contribution < -0.4 is 10.2 Å². The fourth-order valence-electron chi connectivity index (χ4n) is 2.46. The maximum absolute atomic E-state index is 11.7. The van der Waals surface area contributed by atoms with Crippen molar-refractivity contribution in [2.45, 2.75) is 26.8 Å². The second kappa shape index (κ2) is 7.28. The van der Waals surface area contributed by atoms with Gasteiger partial charge in [-0.1, -0.05) is 6.92 Å². The van der Waals surface area contributed by atoms with Crippen molar-refractivity contribution in [3.8, 4) is 0 Å². The van der Waals surface area contributed by atoms with E-state index in [0.29, 0.717) is 6.54 Å². The normalized spacial score (nSPS) is 16.4. The zero-order chi connectivity index (χ0) is 14.4. The molecule has 112 valence electrons. The summed E-state index contributed by atoms with van der Waals surface area (Å²) in [6.45, 7) is 10.1. The summed E-state index contributed by atoms with van der Waals surface area (Å²) >= 11 is 0. The lowest BCUT2D eigenvalue weighted by atomic mass is 10.3. The molecule has 20 heavy (non-hydrogen) atoms. The second-order valence-electron chi connectivity index (χ2n) is 5.13. The van der Waals surface area contributed by atoms with E-state index in [2.05, 4.69) is 38.5 Å². The van der Waals surface area contributed by atoms with Gasteiger partial charge in [-0.15, -0.1) is 0 Å². The number of carbonyl (C=O) groups excluding carboxylic acids is 1. The van der Waals surface area contributed by atoms with Gasteiger partial charge in [0.25, 0.3) is 0 Å². The van der Waals surface area contributed by atoms with Gasteiger partial charge in [0.2, 0.25) is 11.9 Å². The molecule has 1 amide bonds. The van der Waals surface area contributed by atoms with Crippen molar-refractivity contribution in [2.24, 2.45) is 0 Å². The fourth-order valence-corrected chi connectivity index (χ4v) is 2.46. The Kier molecular flexibility index (Phi) is 5.40. The Morgan fingerprint density at radius 3 is 2.70 bits per heavy atom. The number of imidazole rings is 1. The lowest BCUT2D eigenvalue weighted by molar-refractivity contribution is -0.122. The van der Waals surface area contributed by atoms with Crippen LogP contribution in [0, 0.1) is 0 Å². The highest BCUT2D eigenvalue weighted by molar-refractivity contribution is 5.78. The van der Waals surface area contributed by atoms with Crippen LogP contribution in [0.4, 0.5) is 5.95 Å². The minimum Gasteiger partial charge on any atom is -0.355 e. The number of carbonyl (C=O) groups is 1. The molecule has 2 rings (SSSR count). The number of piperazine rings is 1. The molecule has 1 saturated heterocycles. The van der Waals surface area contributed by atoms with E-state index in [0.717, 1.165) is 51.6 Å². The summed E-state index contributed by atoms with van der Waals surface area (Å²) in [5.41, 5.74) is 0. The van der Waals surface area contributed by atoms with Crippen LogP contribution in [0.1, 0.15) is 20.3 Å². The standard InChI is InChI=1S/C14H25N5O/c1-3-5-15-13(20)12-17-8-10-19(11-9-17)14-16-6-7-18(14)4-2/h6-7H,3-5,8-12H2,1-2H3,(H,15,20). The number of aryl methyl sites for hydroxylation is 1. The molecule has 0 aliphatic carbocycles. The van der Waals surface area contributed by atoms with Gasteiger partial charge < -0.3 is 14.8 Å². The molecule has 0 radical (unpaired) electrons. The summed E-state index contributed by atoms with van der Waals surface area (Å²) < 4.78 is 2.16. The van der Waals surface area contributed by atoms with Crippen LogP contribution in [0.15, 0.2) is 12.4 Å². The van der Waals surface area contributed by atoms with E-state index < -0.39 is 0 Å². The van der Waals surface area contributed by atoms with Crippen LogP contribution in [0.2, 0.25) is 0 Å². The molecule has 1 aromatic rings. The Balaban J connectivity index is 1.79. The first-order valence-corrected chi connectivity index (χ1v) is 7.49. The largest absolute Gasteiger partial charge is 0.355 e. The maximum atomic E-state index is 11.7. The summed E-state index contributed by atoms with van der Waals surface area (Å²) in [6.07, 6.45) is 4.85. The predicted octanol–water partition coefficient (Wildman–Crippen LogP) is 0.551. The van der Waals surface area contributed by atoms with Crippen molar-refractivity contribution in [1.82, 2.24) is 19.8 Å². The number of amides is 1. The Morgan fingerprint density at radius 1 is 1.30 bits per heavy atom. The van der Waals surface area contributed by atoms with E-state index in [-0.39, 0.29) is 5.91 Å². The summed E-state index contributed by atoms with van der Waals surface area (Å²) in [7, 11) is 0. The number of aromatic nitrogens is 2. The minimum absolute atomic E-state index is 0.135. The van der Waals surface area contributed by atoms with Crippen molar-refractivity contribution >= 4 is 11.9 Å². The van der Waals surface area contributed by atoms with Gasteiger partial charge in [-0.3, -0.25) is 9.69 Å². The topological polar surface area (TPSA) is 53.4 Å². The van der Waals surface area contributed by atoms with Gasteiger partial charge in [0.15, 0.2) is 0 Å². The Hall–Kier alpha value is -1.56.